The molecule has 0 aliphatic carbocycles. The van der Waals surface area contributed by atoms with E-state index in [0.717, 1.165) is 6.07 Å². The largest absolute Gasteiger partial charge is 0.296 e. The van der Waals surface area contributed by atoms with Gasteiger partial charge in [0.1, 0.15) is 0 Å². The van der Waals surface area contributed by atoms with Crippen LogP contribution in [0, 0.1) is 10.1 Å². The van der Waals surface area contributed by atoms with Gasteiger partial charge in [-0.2, -0.15) is 0 Å². The maximum absolute atomic E-state index is 12.4. The van der Waals surface area contributed by atoms with E-state index in [1.54, 1.807) is 6.92 Å². The van der Waals surface area contributed by atoms with Gasteiger partial charge in [0, 0.05) is 0 Å². The van der Waals surface area contributed by atoms with Gasteiger partial charge < -0.3 is 0 Å². The van der Waals surface area contributed by atoms with Gasteiger partial charge >= 0.3 is 0 Å². The highest BCUT2D eigenvalue weighted by Crippen LogP contribution is 2.21. The number of hydrogen-bond acceptors (Lipinski definition) is 7. The van der Waals surface area contributed by atoms with Gasteiger partial charge in [-0.1, -0.05) is 6.92 Å². The Hall–Kier alpha value is -3.30. The molecule has 0 spiro atoms. The first-order valence-electron chi connectivity index (χ1n) is 6.55. The van der Waals surface area contributed by atoms with E-state index in [0.29, 0.717) is 4.57 Å². The summed E-state index contributed by atoms with van der Waals surface area (Å²) < 4.78 is 0.560. The van der Waals surface area contributed by atoms with Crippen LogP contribution in [0.1, 0.15) is 12.5 Å². The van der Waals surface area contributed by atoms with E-state index in [9.17, 15) is 29.3 Å². The van der Waals surface area contributed by atoms with Crippen LogP contribution in [0.3, 0.4) is 0 Å². The number of rotatable bonds is 4. The van der Waals surface area contributed by atoms with Crippen molar-refractivity contribution in [3.8, 4) is 0 Å². The van der Waals surface area contributed by atoms with Crippen LogP contribution >= 0.6 is 0 Å². The summed E-state index contributed by atoms with van der Waals surface area (Å²) in [5.74, 6) is 0. The molecule has 0 atom stereocenters. The molecule has 3 aromatic rings. The molecule has 0 aliphatic rings. The van der Waals surface area contributed by atoms with Crippen molar-refractivity contribution in [2.45, 2.75) is 20.1 Å². The van der Waals surface area contributed by atoms with Crippen LogP contribution in [0.2, 0.25) is 0 Å². The van der Waals surface area contributed by atoms with Gasteiger partial charge in [0.2, 0.25) is 0 Å². The second-order valence-corrected chi connectivity index (χ2v) is 4.86. The smallest absolute Gasteiger partial charge is 0.292 e. The van der Waals surface area contributed by atoms with Gasteiger partial charge in [-0.15, -0.1) is 10.1 Å². The van der Waals surface area contributed by atoms with E-state index >= 15 is 0 Å². The molecule has 0 saturated heterocycles. The Balaban J connectivity index is 2.49. The number of H-pyrrole nitrogens is 1. The first-order chi connectivity index (χ1) is 10.9. The Kier molecular flexibility index (Phi) is 3.09. The lowest BCUT2D eigenvalue weighted by Gasteiger charge is -1.99. The molecule has 10 nitrogen and oxygen atoms in total. The van der Waals surface area contributed by atoms with Crippen LogP contribution in [0.4, 0.5) is 0 Å². The average Bonchev–Trinajstić information content (AvgIpc) is 2.91. The summed E-state index contributed by atoms with van der Waals surface area (Å²) >= 11 is 0. The first kappa shape index (κ1) is 14.6. The van der Waals surface area contributed by atoms with Crippen molar-refractivity contribution in [3.05, 3.63) is 63.2 Å². The molecule has 2 heterocycles. The minimum atomic E-state index is -1.12. The summed E-state index contributed by atoms with van der Waals surface area (Å²) in [5, 5.41) is 9.12. The van der Waals surface area contributed by atoms with Crippen LogP contribution in [-0.2, 0) is 18.0 Å². The minimum Gasteiger partial charge on any atom is -0.292 e. The van der Waals surface area contributed by atoms with Crippen LogP contribution in [0.15, 0.2) is 25.2 Å². The fraction of sp³-hybridized carbons (Fsp3) is 0.231. The van der Waals surface area contributed by atoms with Crippen LogP contribution in [-0.4, -0.2) is 14.6 Å². The summed E-state index contributed by atoms with van der Waals surface area (Å²) in [6, 6.07) is 1.16. The zero-order valence-electron chi connectivity index (χ0n) is 11.7. The monoisotopic (exact) mass is 319 g/mol. The number of aromatic amines is 1. The molecular formula is C13H9N3O7. The fourth-order valence-corrected chi connectivity index (χ4v) is 2.77. The molecule has 1 N–H and O–H groups in total. The number of nitrogens with zero attached hydrogens (tertiary/aromatic N) is 2. The maximum Gasteiger partial charge on any atom is 0.296 e. The molecule has 0 radical (unpaired) electrons. The normalized spacial score (nSPS) is 11.3. The number of benzene rings is 1. The predicted octanol–water partition coefficient (Wildman–Crippen LogP) is -0.833. The number of fused-ring (bicyclic) bond motifs is 2. The number of aromatic nitrogens is 2. The molecule has 118 valence electrons. The maximum atomic E-state index is 12.4. The summed E-state index contributed by atoms with van der Waals surface area (Å²) in [5.41, 5.74) is -2.62. The molecule has 3 rings (SSSR count). The Morgan fingerprint density at radius 1 is 1.13 bits per heavy atom. The minimum absolute atomic E-state index is 0.0174. The third-order valence-corrected chi connectivity index (χ3v) is 3.71. The van der Waals surface area contributed by atoms with Gasteiger partial charge in [-0.3, -0.25) is 29.0 Å². The van der Waals surface area contributed by atoms with Gasteiger partial charge in [0.15, 0.2) is 6.73 Å². The molecule has 23 heavy (non-hydrogen) atoms. The van der Waals surface area contributed by atoms with E-state index < -0.39 is 34.1 Å². The Bertz CT molecular complexity index is 1160. The van der Waals surface area contributed by atoms with Crippen LogP contribution in [0.25, 0.3) is 21.5 Å². The van der Waals surface area contributed by atoms with Gasteiger partial charge in [-0.05, 0) is 18.1 Å². The highest BCUT2D eigenvalue weighted by Gasteiger charge is 2.21. The molecule has 0 amide bonds. The first-order valence-corrected chi connectivity index (χ1v) is 6.55. The highest BCUT2D eigenvalue weighted by atomic mass is 17.0. The highest BCUT2D eigenvalue weighted by molar-refractivity contribution is 6.01. The van der Waals surface area contributed by atoms with Crippen molar-refractivity contribution < 1.29 is 9.92 Å². The van der Waals surface area contributed by atoms with Gasteiger partial charge in [0.25, 0.3) is 27.3 Å². The number of hydrogen-bond donors (Lipinski definition) is 1. The lowest BCUT2D eigenvalue weighted by atomic mass is 10.0. The molecule has 0 aliphatic heterocycles. The summed E-state index contributed by atoms with van der Waals surface area (Å²) in [6.45, 7) is 0.813. The van der Waals surface area contributed by atoms with E-state index in [-0.39, 0.29) is 33.5 Å². The van der Waals surface area contributed by atoms with Crippen molar-refractivity contribution in [1.82, 2.24) is 9.55 Å². The SMILES string of the molecule is CCc1c2c(=O)[nH]c(=O)c2cc2c(=O)n(CO[N+](=O)[O-])c(=O)c12. The Morgan fingerprint density at radius 2 is 1.83 bits per heavy atom. The van der Waals surface area contributed by atoms with E-state index in [2.05, 4.69) is 9.82 Å². The quantitative estimate of drug-likeness (QED) is 0.488. The second-order valence-electron chi connectivity index (χ2n) is 4.86. The lowest BCUT2D eigenvalue weighted by Crippen LogP contribution is -2.27. The lowest BCUT2D eigenvalue weighted by molar-refractivity contribution is -0.767. The Labute approximate surface area is 125 Å². The number of aryl methyl sites for hydroxylation is 1. The number of nitrogens with one attached hydrogen (secondary N) is 1. The van der Waals surface area contributed by atoms with Crippen molar-refractivity contribution in [1.29, 1.82) is 0 Å². The molecule has 0 saturated carbocycles. The third kappa shape index (κ3) is 1.95. The van der Waals surface area contributed by atoms with Crippen molar-refractivity contribution >= 4 is 21.5 Å². The van der Waals surface area contributed by atoms with E-state index in [1.165, 1.54) is 0 Å². The summed E-state index contributed by atoms with van der Waals surface area (Å²) in [6.07, 6.45) is 0.231. The fourth-order valence-electron chi connectivity index (χ4n) is 2.77. The molecule has 0 bridgehead atoms. The van der Waals surface area contributed by atoms with Crippen molar-refractivity contribution in [3.63, 3.8) is 0 Å². The molecular weight excluding hydrogens is 310 g/mol. The van der Waals surface area contributed by atoms with Gasteiger partial charge in [0.05, 0.1) is 21.5 Å². The van der Waals surface area contributed by atoms with E-state index in [4.69, 9.17) is 0 Å². The summed E-state index contributed by atoms with van der Waals surface area (Å²) in [7, 11) is 0. The topological polar surface area (TPSA) is 141 Å². The molecule has 0 fully saturated rings. The van der Waals surface area contributed by atoms with Gasteiger partial charge in [-0.25, -0.2) is 4.57 Å². The zero-order chi connectivity index (χ0) is 16.9. The molecule has 10 heteroatoms. The molecule has 2 aromatic heterocycles. The van der Waals surface area contributed by atoms with Crippen molar-refractivity contribution in [2.75, 3.05) is 0 Å². The average molecular weight is 319 g/mol. The van der Waals surface area contributed by atoms with E-state index in [1.807, 2.05) is 0 Å². The third-order valence-electron chi connectivity index (χ3n) is 3.71. The zero-order valence-corrected chi connectivity index (χ0v) is 11.7. The molecule has 1 aromatic carbocycles. The second kappa shape index (κ2) is 4.87. The molecule has 0 unspecified atom stereocenters. The Morgan fingerprint density at radius 3 is 2.43 bits per heavy atom. The predicted molar refractivity (Wildman–Crippen MR) is 78.7 cm³/mol. The van der Waals surface area contributed by atoms with Crippen LogP contribution < -0.4 is 22.2 Å². The standard InChI is InChI=1S/C13H9N3O7/c1-2-5-8-6(10(17)14-11(8)18)3-7-9(5)13(20)15(12(7)19)4-23-16(21)22/h3H,2,4H2,1H3,(H,14,17,18). The van der Waals surface area contributed by atoms with Crippen LogP contribution in [0.5, 0.6) is 0 Å². The van der Waals surface area contributed by atoms with Crippen molar-refractivity contribution in [2.24, 2.45) is 0 Å². The summed E-state index contributed by atoms with van der Waals surface area (Å²) in [4.78, 5) is 64.7.